The van der Waals surface area contributed by atoms with Crippen LogP contribution in [-0.2, 0) is 5.54 Å². The molecule has 7 heteroatoms. The molecule has 29 heavy (non-hydrogen) atoms. The van der Waals surface area contributed by atoms with Crippen LogP contribution in [-0.4, -0.2) is 26.6 Å². The Morgan fingerprint density at radius 1 is 1.17 bits per heavy atom. The van der Waals surface area contributed by atoms with E-state index in [0.29, 0.717) is 22.7 Å². The smallest absolute Gasteiger partial charge is 0.256 e. The van der Waals surface area contributed by atoms with Crippen LogP contribution in [0.25, 0.3) is 11.0 Å². The fourth-order valence-corrected chi connectivity index (χ4v) is 3.46. The average molecular weight is 391 g/mol. The van der Waals surface area contributed by atoms with E-state index in [1.165, 1.54) is 0 Å². The molecule has 0 aliphatic heterocycles. The van der Waals surface area contributed by atoms with Crippen molar-refractivity contribution < 1.29 is 9.59 Å². The molecule has 1 aromatic carbocycles. The molecule has 150 valence electrons. The van der Waals surface area contributed by atoms with Gasteiger partial charge in [0, 0.05) is 22.9 Å². The normalized spacial score (nSPS) is 14.2. The molecule has 1 fully saturated rings. The summed E-state index contributed by atoms with van der Waals surface area (Å²) in [5, 5.41) is 8.38. The first-order valence-corrected chi connectivity index (χ1v) is 9.77. The van der Waals surface area contributed by atoms with Crippen LogP contribution in [0.5, 0.6) is 0 Å². The van der Waals surface area contributed by atoms with Crippen molar-refractivity contribution in [3.8, 4) is 0 Å². The minimum Gasteiger partial charge on any atom is -0.366 e. The topological polar surface area (TPSA) is 103 Å². The summed E-state index contributed by atoms with van der Waals surface area (Å²) in [6.45, 7) is 8.13. The maximum absolute atomic E-state index is 13.2. The van der Waals surface area contributed by atoms with Crippen LogP contribution >= 0.6 is 0 Å². The van der Waals surface area contributed by atoms with Crippen LogP contribution in [0.3, 0.4) is 0 Å². The second-order valence-electron chi connectivity index (χ2n) is 8.63. The Balaban J connectivity index is 1.78. The summed E-state index contributed by atoms with van der Waals surface area (Å²) in [6.07, 6.45) is 2.19. The van der Waals surface area contributed by atoms with Gasteiger partial charge in [-0.05, 0) is 70.9 Å². The summed E-state index contributed by atoms with van der Waals surface area (Å²) < 4.78 is 1.90. The Hall–Kier alpha value is -3.22. The molecule has 1 saturated carbocycles. The summed E-state index contributed by atoms with van der Waals surface area (Å²) in [4.78, 5) is 29.3. The summed E-state index contributed by atoms with van der Waals surface area (Å²) >= 11 is 0. The summed E-state index contributed by atoms with van der Waals surface area (Å²) in [6, 6.07) is 8.43. The summed E-state index contributed by atoms with van der Waals surface area (Å²) in [7, 11) is 0. The molecule has 2 heterocycles. The number of benzene rings is 1. The predicted molar refractivity (Wildman–Crippen MR) is 112 cm³/mol. The zero-order chi connectivity index (χ0) is 20.9. The fourth-order valence-electron chi connectivity index (χ4n) is 3.46. The number of nitrogens with two attached hydrogens (primary N) is 1. The van der Waals surface area contributed by atoms with Crippen molar-refractivity contribution in [2.75, 3.05) is 5.32 Å². The predicted octanol–water partition coefficient (Wildman–Crippen LogP) is 3.72. The molecule has 1 aliphatic carbocycles. The highest BCUT2D eigenvalue weighted by Gasteiger charge is 2.30. The Morgan fingerprint density at radius 3 is 2.38 bits per heavy atom. The number of fused-ring (bicyclic) bond motifs is 1. The van der Waals surface area contributed by atoms with Crippen LogP contribution in [0.1, 0.15) is 71.6 Å². The third-order valence-electron chi connectivity index (χ3n) is 5.14. The first kappa shape index (κ1) is 19.1. The minimum absolute atomic E-state index is 0.220. The van der Waals surface area contributed by atoms with Gasteiger partial charge in [0.05, 0.1) is 22.2 Å². The molecule has 0 atom stereocenters. The van der Waals surface area contributed by atoms with E-state index in [-0.39, 0.29) is 11.4 Å². The molecule has 0 spiro atoms. The molecular weight excluding hydrogens is 366 g/mol. The van der Waals surface area contributed by atoms with Gasteiger partial charge in [0.2, 0.25) is 5.91 Å². The molecule has 1 aliphatic rings. The highest BCUT2D eigenvalue weighted by Crippen LogP contribution is 2.41. The number of nitrogens with one attached hydrogen (secondary N) is 1. The zero-order valence-corrected chi connectivity index (χ0v) is 17.1. The van der Waals surface area contributed by atoms with E-state index in [4.69, 9.17) is 10.7 Å². The molecule has 0 radical (unpaired) electrons. The van der Waals surface area contributed by atoms with Crippen LogP contribution in [0, 0.1) is 6.92 Å². The molecule has 0 bridgehead atoms. The number of carbonyl (C=O) groups is 2. The van der Waals surface area contributed by atoms with Gasteiger partial charge in [0.25, 0.3) is 5.91 Å². The Labute approximate surface area is 169 Å². The van der Waals surface area contributed by atoms with Gasteiger partial charge < -0.3 is 11.1 Å². The number of rotatable bonds is 4. The molecule has 0 saturated heterocycles. The lowest BCUT2D eigenvalue weighted by Gasteiger charge is -2.20. The van der Waals surface area contributed by atoms with Gasteiger partial charge in [-0.1, -0.05) is 0 Å². The second kappa shape index (κ2) is 6.69. The lowest BCUT2D eigenvalue weighted by atomic mass is 10.1. The summed E-state index contributed by atoms with van der Waals surface area (Å²) in [5.41, 5.74) is 9.06. The summed E-state index contributed by atoms with van der Waals surface area (Å²) in [5.74, 6) is -0.315. The van der Waals surface area contributed by atoms with Gasteiger partial charge in [-0.2, -0.15) is 5.10 Å². The van der Waals surface area contributed by atoms with Crippen molar-refractivity contribution in [3.05, 3.63) is 52.8 Å². The van der Waals surface area contributed by atoms with Crippen molar-refractivity contribution >= 4 is 28.5 Å². The van der Waals surface area contributed by atoms with Gasteiger partial charge in [-0.3, -0.25) is 9.59 Å². The maximum Gasteiger partial charge on any atom is 0.256 e. The van der Waals surface area contributed by atoms with E-state index < -0.39 is 5.91 Å². The third-order valence-corrected chi connectivity index (χ3v) is 5.14. The number of primary amides is 1. The number of anilines is 1. The second-order valence-corrected chi connectivity index (χ2v) is 8.63. The van der Waals surface area contributed by atoms with Crippen molar-refractivity contribution in [3.63, 3.8) is 0 Å². The fraction of sp³-hybridized carbons (Fsp3) is 0.364. The average Bonchev–Trinajstić information content (AvgIpc) is 3.44. The lowest BCUT2D eigenvalue weighted by Crippen LogP contribution is -2.23. The quantitative estimate of drug-likeness (QED) is 0.707. The Bertz CT molecular complexity index is 1120. The van der Waals surface area contributed by atoms with Crippen LogP contribution in [0.15, 0.2) is 30.3 Å². The van der Waals surface area contributed by atoms with Gasteiger partial charge in [-0.25, -0.2) is 9.67 Å². The van der Waals surface area contributed by atoms with Crippen molar-refractivity contribution in [2.45, 2.75) is 52.0 Å². The van der Waals surface area contributed by atoms with Crippen LogP contribution in [0.4, 0.5) is 5.69 Å². The van der Waals surface area contributed by atoms with E-state index >= 15 is 0 Å². The van der Waals surface area contributed by atoms with Crippen LogP contribution < -0.4 is 11.1 Å². The zero-order valence-electron chi connectivity index (χ0n) is 17.1. The molecule has 7 nitrogen and oxygen atoms in total. The van der Waals surface area contributed by atoms with Crippen molar-refractivity contribution in [1.82, 2.24) is 14.8 Å². The largest absolute Gasteiger partial charge is 0.366 e. The van der Waals surface area contributed by atoms with E-state index in [2.05, 4.69) is 31.2 Å². The maximum atomic E-state index is 13.2. The monoisotopic (exact) mass is 391 g/mol. The van der Waals surface area contributed by atoms with E-state index in [0.717, 1.165) is 35.3 Å². The number of hydrogen-bond donors (Lipinski definition) is 2. The molecule has 3 aromatic rings. The number of aryl methyl sites for hydroxylation is 1. The first-order chi connectivity index (χ1) is 13.6. The van der Waals surface area contributed by atoms with Gasteiger partial charge in [0.15, 0.2) is 5.65 Å². The molecule has 4 rings (SSSR count). The molecule has 3 N–H and O–H groups in total. The van der Waals surface area contributed by atoms with Gasteiger partial charge >= 0.3 is 0 Å². The van der Waals surface area contributed by atoms with Gasteiger partial charge in [-0.15, -0.1) is 0 Å². The van der Waals surface area contributed by atoms with Gasteiger partial charge in [0.1, 0.15) is 0 Å². The molecular formula is C22H25N5O2. The van der Waals surface area contributed by atoms with E-state index in [1.807, 2.05) is 17.7 Å². The molecule has 0 unspecified atom stereocenters. The van der Waals surface area contributed by atoms with E-state index in [9.17, 15) is 9.59 Å². The standard InChI is InChI=1S/C22H25N5O2/c1-12-18-16(21(29)24-15-9-7-14(8-10-15)19(23)28)11-17(13-5-6-13)25-20(18)27(26-12)22(2,3)4/h7-11,13H,5-6H2,1-4H3,(H2,23,28)(H,24,29). The lowest BCUT2D eigenvalue weighted by molar-refractivity contribution is 0.0998. The first-order valence-electron chi connectivity index (χ1n) is 9.77. The number of hydrogen-bond acceptors (Lipinski definition) is 4. The number of amides is 2. The number of aromatic nitrogens is 3. The SMILES string of the molecule is Cc1nn(C(C)(C)C)c2nc(C3CC3)cc(C(=O)Nc3ccc(C(N)=O)cc3)c12. The highest BCUT2D eigenvalue weighted by molar-refractivity contribution is 6.12. The van der Waals surface area contributed by atoms with Crippen LogP contribution in [0.2, 0.25) is 0 Å². The van der Waals surface area contributed by atoms with Crippen molar-refractivity contribution in [1.29, 1.82) is 0 Å². The number of pyridine rings is 1. The highest BCUT2D eigenvalue weighted by atomic mass is 16.2. The minimum atomic E-state index is -0.502. The number of nitrogens with zero attached hydrogens (tertiary/aromatic N) is 3. The third kappa shape index (κ3) is 3.60. The number of carbonyl (C=O) groups excluding carboxylic acids is 2. The van der Waals surface area contributed by atoms with Crippen molar-refractivity contribution in [2.24, 2.45) is 5.73 Å². The Morgan fingerprint density at radius 2 is 1.83 bits per heavy atom. The van der Waals surface area contributed by atoms with E-state index in [1.54, 1.807) is 24.3 Å². The molecule has 2 aromatic heterocycles. The Kier molecular flexibility index (Phi) is 4.41. The molecule has 2 amide bonds.